The first-order valence-electron chi connectivity index (χ1n) is 12.0. The van der Waals surface area contributed by atoms with E-state index >= 15 is 0 Å². The Balaban J connectivity index is 1.26. The Morgan fingerprint density at radius 3 is 2.45 bits per heavy atom. The van der Waals surface area contributed by atoms with Crippen molar-refractivity contribution in [1.82, 2.24) is 20.3 Å². The van der Waals surface area contributed by atoms with Crippen molar-refractivity contribution < 1.29 is 9.21 Å². The lowest BCUT2D eigenvalue weighted by Gasteiger charge is -2.10. The van der Waals surface area contributed by atoms with Gasteiger partial charge in [-0.1, -0.05) is 65.1 Å². The molecule has 5 rings (SSSR count). The van der Waals surface area contributed by atoms with E-state index in [2.05, 4.69) is 55.8 Å². The number of nitrogens with zero attached hydrogens (tertiary/aromatic N) is 3. The lowest BCUT2D eigenvalue weighted by Crippen LogP contribution is -2.33. The Kier molecular flexibility index (Phi) is 7.87. The Morgan fingerprint density at radius 1 is 1.03 bits per heavy atom. The van der Waals surface area contributed by atoms with Crippen LogP contribution in [0.25, 0.3) is 28.0 Å². The molecular formula is C28H23BrClN5O2S. The first-order chi connectivity index (χ1) is 18.4. The van der Waals surface area contributed by atoms with Gasteiger partial charge in [0.1, 0.15) is 16.8 Å². The van der Waals surface area contributed by atoms with Gasteiger partial charge in [0.15, 0.2) is 10.9 Å². The summed E-state index contributed by atoms with van der Waals surface area (Å²) < 4.78 is 6.67. The van der Waals surface area contributed by atoms with Crippen LogP contribution in [0.2, 0.25) is 5.02 Å². The minimum Gasteiger partial charge on any atom is -0.451 e. The summed E-state index contributed by atoms with van der Waals surface area (Å²) in [5.41, 5.74) is 4.77. The van der Waals surface area contributed by atoms with Gasteiger partial charge in [-0.15, -0.1) is 10.2 Å². The molecule has 0 bridgehead atoms. The molecule has 0 radical (unpaired) electrons. The maximum absolute atomic E-state index is 12.7. The van der Waals surface area contributed by atoms with E-state index in [0.717, 1.165) is 35.0 Å². The summed E-state index contributed by atoms with van der Waals surface area (Å²) in [5, 5.41) is 15.2. The molecule has 38 heavy (non-hydrogen) atoms. The monoisotopic (exact) mass is 607 g/mol. The summed E-state index contributed by atoms with van der Waals surface area (Å²) in [4.78, 5) is 14.3. The van der Waals surface area contributed by atoms with Gasteiger partial charge >= 0.3 is 0 Å². The van der Waals surface area contributed by atoms with Crippen molar-refractivity contribution in [1.29, 1.82) is 0 Å². The van der Waals surface area contributed by atoms with Crippen LogP contribution in [0.3, 0.4) is 0 Å². The molecule has 0 unspecified atom stereocenters. The third-order valence-corrected chi connectivity index (χ3v) is 6.93. The van der Waals surface area contributed by atoms with E-state index in [1.54, 1.807) is 29.1 Å². The standard InChI is InChI=1S/C28H23BrClN5O2S/c1-2-3-4-17-5-11-20(12-6-17)35-33-23-15-21(30)22(16-24(23)34-35)31-28(38)32-27(36)26-14-13-25(37-26)18-7-9-19(29)10-8-18/h5-16H,2-4H2,1H3,(H2,31,32,36,38). The summed E-state index contributed by atoms with van der Waals surface area (Å²) in [6.07, 6.45) is 3.38. The first kappa shape index (κ1) is 26.1. The molecule has 5 aromatic rings. The molecule has 0 spiro atoms. The highest BCUT2D eigenvalue weighted by molar-refractivity contribution is 9.10. The van der Waals surface area contributed by atoms with E-state index in [1.165, 1.54) is 5.56 Å². The third kappa shape index (κ3) is 5.96. The van der Waals surface area contributed by atoms with Gasteiger partial charge in [-0.05, 0) is 79.2 Å². The van der Waals surface area contributed by atoms with Gasteiger partial charge in [-0.2, -0.15) is 4.80 Å². The van der Waals surface area contributed by atoms with Crippen LogP contribution in [-0.2, 0) is 6.42 Å². The number of unbranched alkanes of at least 4 members (excludes halogenated alkanes) is 1. The van der Waals surface area contributed by atoms with Gasteiger partial charge in [0.05, 0.1) is 16.4 Å². The van der Waals surface area contributed by atoms with E-state index in [0.29, 0.717) is 27.5 Å². The number of carbonyl (C=O) groups excluding carboxylic acids is 1. The molecule has 1 amide bonds. The summed E-state index contributed by atoms with van der Waals surface area (Å²) in [6.45, 7) is 2.18. The fourth-order valence-corrected chi connectivity index (χ4v) is 4.55. The SMILES string of the molecule is CCCCc1ccc(-n2nc3cc(Cl)c(NC(=S)NC(=O)c4ccc(-c5ccc(Br)cc5)o4)cc3n2)cc1. The van der Waals surface area contributed by atoms with Crippen molar-refractivity contribution in [2.45, 2.75) is 26.2 Å². The molecule has 10 heteroatoms. The smallest absolute Gasteiger partial charge is 0.293 e. The largest absolute Gasteiger partial charge is 0.451 e. The molecule has 0 saturated heterocycles. The number of carbonyl (C=O) groups is 1. The normalized spacial score (nSPS) is 11.0. The van der Waals surface area contributed by atoms with Crippen molar-refractivity contribution >= 4 is 67.5 Å². The molecule has 192 valence electrons. The summed E-state index contributed by atoms with van der Waals surface area (Å²) in [5.74, 6) is 0.238. The van der Waals surface area contributed by atoms with Crippen molar-refractivity contribution in [2.75, 3.05) is 5.32 Å². The minimum absolute atomic E-state index is 0.0768. The molecule has 7 nitrogen and oxygen atoms in total. The number of amides is 1. The van der Waals surface area contributed by atoms with Crippen molar-refractivity contribution in [3.63, 3.8) is 0 Å². The molecule has 2 aromatic heterocycles. The zero-order valence-electron chi connectivity index (χ0n) is 20.4. The van der Waals surface area contributed by atoms with Crippen LogP contribution in [0, 0.1) is 0 Å². The van der Waals surface area contributed by atoms with Crippen LogP contribution >= 0.6 is 39.7 Å². The lowest BCUT2D eigenvalue weighted by atomic mass is 10.1. The van der Waals surface area contributed by atoms with Crippen molar-refractivity contribution in [2.24, 2.45) is 0 Å². The quantitative estimate of drug-likeness (QED) is 0.186. The number of aryl methyl sites for hydroxylation is 1. The van der Waals surface area contributed by atoms with Crippen molar-refractivity contribution in [3.8, 4) is 17.0 Å². The summed E-state index contributed by atoms with van der Waals surface area (Å²) in [7, 11) is 0. The summed E-state index contributed by atoms with van der Waals surface area (Å²) in [6, 6.07) is 22.6. The average molecular weight is 609 g/mol. The topological polar surface area (TPSA) is 85.0 Å². The second-order valence-corrected chi connectivity index (χ2v) is 10.4. The van der Waals surface area contributed by atoms with Gasteiger partial charge in [0.2, 0.25) is 0 Å². The third-order valence-electron chi connectivity index (χ3n) is 5.89. The van der Waals surface area contributed by atoms with Gasteiger partial charge in [0, 0.05) is 10.0 Å². The highest BCUT2D eigenvalue weighted by Crippen LogP contribution is 2.27. The van der Waals surface area contributed by atoms with Gasteiger partial charge in [-0.25, -0.2) is 0 Å². The molecule has 2 heterocycles. The molecular weight excluding hydrogens is 586 g/mol. The Labute approximate surface area is 238 Å². The predicted octanol–water partition coefficient (Wildman–Crippen LogP) is 7.57. The number of benzene rings is 3. The molecule has 2 N–H and O–H groups in total. The van der Waals surface area contributed by atoms with Crippen molar-refractivity contribution in [3.05, 3.63) is 93.6 Å². The van der Waals surface area contributed by atoms with Crippen LogP contribution in [0.1, 0.15) is 35.9 Å². The number of aromatic nitrogens is 3. The number of nitrogens with one attached hydrogen (secondary N) is 2. The minimum atomic E-state index is -0.476. The summed E-state index contributed by atoms with van der Waals surface area (Å²) >= 11 is 15.2. The average Bonchev–Trinajstić information content (AvgIpc) is 3.56. The number of halogens is 2. The Morgan fingerprint density at radius 2 is 1.74 bits per heavy atom. The van der Waals surface area contributed by atoms with Crippen LogP contribution in [0.5, 0.6) is 0 Å². The fraction of sp³-hybridized carbons (Fsp3) is 0.143. The van der Waals surface area contributed by atoms with Crippen LogP contribution < -0.4 is 10.6 Å². The molecule has 0 atom stereocenters. The predicted molar refractivity (Wildman–Crippen MR) is 158 cm³/mol. The Bertz CT molecular complexity index is 1610. The number of rotatable bonds is 7. The number of hydrogen-bond donors (Lipinski definition) is 2. The maximum Gasteiger partial charge on any atom is 0.293 e. The molecule has 0 aliphatic heterocycles. The highest BCUT2D eigenvalue weighted by Gasteiger charge is 2.16. The second-order valence-electron chi connectivity index (χ2n) is 8.66. The number of anilines is 1. The Hall–Kier alpha value is -3.53. The van der Waals surface area contributed by atoms with Crippen LogP contribution in [0.15, 0.2) is 81.7 Å². The van der Waals surface area contributed by atoms with E-state index in [-0.39, 0.29) is 10.9 Å². The molecule has 0 aliphatic carbocycles. The lowest BCUT2D eigenvalue weighted by molar-refractivity contribution is 0.0951. The molecule has 3 aromatic carbocycles. The fourth-order valence-electron chi connectivity index (χ4n) is 3.87. The number of furan rings is 1. The molecule has 0 saturated carbocycles. The van der Waals surface area contributed by atoms with Crippen LogP contribution in [0.4, 0.5) is 5.69 Å². The van der Waals surface area contributed by atoms with E-state index in [1.807, 2.05) is 36.4 Å². The molecule has 0 fully saturated rings. The maximum atomic E-state index is 12.7. The van der Waals surface area contributed by atoms with E-state index in [4.69, 9.17) is 28.2 Å². The zero-order chi connectivity index (χ0) is 26.6. The second kappa shape index (κ2) is 11.5. The van der Waals surface area contributed by atoms with Gasteiger partial charge in [-0.3, -0.25) is 10.1 Å². The van der Waals surface area contributed by atoms with Gasteiger partial charge in [0.25, 0.3) is 5.91 Å². The van der Waals surface area contributed by atoms with E-state index in [9.17, 15) is 4.79 Å². The van der Waals surface area contributed by atoms with Crippen LogP contribution in [-0.4, -0.2) is 26.0 Å². The number of thiocarbonyl (C=S) groups is 1. The highest BCUT2D eigenvalue weighted by atomic mass is 79.9. The first-order valence-corrected chi connectivity index (χ1v) is 13.6. The number of hydrogen-bond acceptors (Lipinski definition) is 5. The van der Waals surface area contributed by atoms with Gasteiger partial charge < -0.3 is 9.73 Å². The number of fused-ring (bicyclic) bond motifs is 1. The molecule has 0 aliphatic rings. The van der Waals surface area contributed by atoms with E-state index < -0.39 is 5.91 Å². The zero-order valence-corrected chi connectivity index (χ0v) is 23.5.